The number of ether oxygens (including phenoxy) is 1. The van der Waals surface area contributed by atoms with Crippen LogP contribution in [-0.2, 0) is 11.2 Å². The number of nitrogens with two attached hydrogens (primary N) is 1. The Morgan fingerprint density at radius 2 is 2.13 bits per heavy atom. The number of aryl methyl sites for hydroxylation is 1. The summed E-state index contributed by atoms with van der Waals surface area (Å²) in [6.07, 6.45) is 0.829. The molecule has 3 heteroatoms. The average molecular weight is 223 g/mol. The second kappa shape index (κ2) is 5.83. The molecule has 0 aliphatic rings. The van der Waals surface area contributed by atoms with Gasteiger partial charge in [-0.15, -0.1) is 0 Å². The van der Waals surface area contributed by atoms with Crippen molar-refractivity contribution in [2.45, 2.75) is 26.3 Å². The van der Waals surface area contributed by atoms with Crippen molar-refractivity contribution in [3.8, 4) is 0 Å². The van der Waals surface area contributed by atoms with Crippen LogP contribution < -0.4 is 5.73 Å². The van der Waals surface area contributed by atoms with Gasteiger partial charge in [0, 0.05) is 13.0 Å². The largest absolute Gasteiger partial charge is 0.486 e. The number of hydrogen-bond donors (Lipinski definition) is 1. The summed E-state index contributed by atoms with van der Waals surface area (Å²) in [5.74, 6) is 0. The van der Waals surface area contributed by atoms with E-state index in [2.05, 4.69) is 19.1 Å². The van der Waals surface area contributed by atoms with Gasteiger partial charge in [-0.1, -0.05) is 24.3 Å². The van der Waals surface area contributed by atoms with Gasteiger partial charge in [-0.2, -0.15) is 0 Å². The highest BCUT2D eigenvalue weighted by molar-refractivity contribution is 7.80. The molecule has 0 radical (unpaired) electrons. The van der Waals surface area contributed by atoms with E-state index in [9.17, 15) is 0 Å². The van der Waals surface area contributed by atoms with Crippen LogP contribution in [0.3, 0.4) is 0 Å². The van der Waals surface area contributed by atoms with Crippen LogP contribution >= 0.6 is 12.2 Å². The first-order chi connectivity index (χ1) is 7.09. The lowest BCUT2D eigenvalue weighted by Gasteiger charge is -2.13. The Kier molecular flexibility index (Phi) is 4.72. The van der Waals surface area contributed by atoms with Gasteiger partial charge in [0.15, 0.2) is 5.05 Å². The Morgan fingerprint density at radius 3 is 2.73 bits per heavy atom. The van der Waals surface area contributed by atoms with Gasteiger partial charge < -0.3 is 10.5 Å². The number of hydrogen-bond acceptors (Lipinski definition) is 3. The molecule has 0 fully saturated rings. The lowest BCUT2D eigenvalue weighted by molar-refractivity contribution is 0.280. The zero-order valence-electron chi connectivity index (χ0n) is 9.19. The molecule has 1 aromatic rings. The van der Waals surface area contributed by atoms with E-state index in [1.165, 1.54) is 11.1 Å². The normalized spacial score (nSPS) is 12.2. The van der Waals surface area contributed by atoms with Crippen molar-refractivity contribution in [2.24, 2.45) is 5.73 Å². The smallest absolute Gasteiger partial charge is 0.156 e. The third-order valence-electron chi connectivity index (χ3n) is 2.24. The third-order valence-corrected chi connectivity index (χ3v) is 2.36. The summed E-state index contributed by atoms with van der Waals surface area (Å²) in [6, 6.07) is 8.25. The van der Waals surface area contributed by atoms with Crippen molar-refractivity contribution < 1.29 is 4.74 Å². The van der Waals surface area contributed by atoms with E-state index < -0.39 is 0 Å². The average Bonchev–Trinajstić information content (AvgIpc) is 2.18. The maximum atomic E-state index is 5.94. The van der Waals surface area contributed by atoms with Gasteiger partial charge in [-0.3, -0.25) is 0 Å². The standard InChI is InChI=1S/C12H17NOS/c1-9-5-3-4-6-11(9)7-12(13)8-14-10(2)15/h3-6,12H,7-8,13H2,1-2H3/t12-/m0/s1. The molecule has 0 heterocycles. The van der Waals surface area contributed by atoms with Crippen LogP contribution in [0.5, 0.6) is 0 Å². The Labute approximate surface area is 96.4 Å². The summed E-state index contributed by atoms with van der Waals surface area (Å²) in [5, 5.41) is 0.551. The second-order valence-electron chi connectivity index (χ2n) is 3.69. The van der Waals surface area contributed by atoms with E-state index in [-0.39, 0.29) is 6.04 Å². The molecule has 0 saturated carbocycles. The topological polar surface area (TPSA) is 35.2 Å². The Balaban J connectivity index is 2.47. The number of benzene rings is 1. The predicted octanol–water partition coefficient (Wildman–Crippen LogP) is 2.23. The molecule has 0 spiro atoms. The Hall–Kier alpha value is -0.930. The van der Waals surface area contributed by atoms with Crippen molar-refractivity contribution in [1.29, 1.82) is 0 Å². The van der Waals surface area contributed by atoms with Gasteiger partial charge in [0.1, 0.15) is 6.61 Å². The van der Waals surface area contributed by atoms with E-state index in [0.29, 0.717) is 11.7 Å². The molecule has 0 amide bonds. The number of thiocarbonyl (C=S) groups is 1. The van der Waals surface area contributed by atoms with Crippen molar-refractivity contribution in [3.05, 3.63) is 35.4 Å². The van der Waals surface area contributed by atoms with Gasteiger partial charge in [0.25, 0.3) is 0 Å². The fourth-order valence-corrected chi connectivity index (χ4v) is 1.47. The van der Waals surface area contributed by atoms with Crippen molar-refractivity contribution >= 4 is 17.3 Å². The predicted molar refractivity (Wildman–Crippen MR) is 67.1 cm³/mol. The van der Waals surface area contributed by atoms with E-state index in [4.69, 9.17) is 22.7 Å². The van der Waals surface area contributed by atoms with Crippen LogP contribution in [0.2, 0.25) is 0 Å². The fraction of sp³-hybridized carbons (Fsp3) is 0.417. The molecule has 1 atom stereocenters. The Morgan fingerprint density at radius 1 is 1.47 bits per heavy atom. The molecule has 15 heavy (non-hydrogen) atoms. The third kappa shape index (κ3) is 4.40. The van der Waals surface area contributed by atoms with E-state index in [1.54, 1.807) is 6.92 Å². The Bertz CT molecular complexity index is 338. The van der Waals surface area contributed by atoms with Gasteiger partial charge in [-0.25, -0.2) is 0 Å². The monoisotopic (exact) mass is 223 g/mol. The van der Waals surface area contributed by atoms with Crippen LogP contribution in [0.15, 0.2) is 24.3 Å². The van der Waals surface area contributed by atoms with Crippen LogP contribution in [0.4, 0.5) is 0 Å². The van der Waals surface area contributed by atoms with Gasteiger partial charge in [-0.05, 0) is 36.7 Å². The lowest BCUT2D eigenvalue weighted by atomic mass is 10.0. The molecule has 0 aromatic heterocycles. The molecule has 1 aromatic carbocycles. The highest BCUT2D eigenvalue weighted by atomic mass is 32.1. The lowest BCUT2D eigenvalue weighted by Crippen LogP contribution is -2.29. The molecule has 0 unspecified atom stereocenters. The summed E-state index contributed by atoms with van der Waals surface area (Å²) in [5.41, 5.74) is 8.48. The van der Waals surface area contributed by atoms with Crippen LogP contribution in [0.25, 0.3) is 0 Å². The summed E-state index contributed by atoms with van der Waals surface area (Å²) in [6.45, 7) is 4.34. The molecule has 0 aliphatic heterocycles. The minimum atomic E-state index is 0.00370. The van der Waals surface area contributed by atoms with E-state index in [1.807, 2.05) is 12.1 Å². The van der Waals surface area contributed by atoms with Crippen LogP contribution in [0.1, 0.15) is 18.1 Å². The first-order valence-electron chi connectivity index (χ1n) is 5.03. The fourth-order valence-electron chi connectivity index (χ4n) is 1.40. The molecule has 2 nitrogen and oxygen atoms in total. The summed E-state index contributed by atoms with van der Waals surface area (Å²) in [7, 11) is 0. The second-order valence-corrected chi connectivity index (χ2v) is 4.27. The summed E-state index contributed by atoms with van der Waals surface area (Å²) < 4.78 is 5.22. The maximum Gasteiger partial charge on any atom is 0.156 e. The molecule has 2 N–H and O–H groups in total. The number of rotatable bonds is 4. The molecule has 0 bridgehead atoms. The quantitative estimate of drug-likeness (QED) is 0.795. The van der Waals surface area contributed by atoms with Crippen LogP contribution in [0, 0.1) is 6.92 Å². The first-order valence-corrected chi connectivity index (χ1v) is 5.44. The molecular weight excluding hydrogens is 206 g/mol. The van der Waals surface area contributed by atoms with Gasteiger partial charge in [0.05, 0.1) is 0 Å². The molecule has 1 rings (SSSR count). The zero-order valence-corrected chi connectivity index (χ0v) is 10.0. The highest BCUT2D eigenvalue weighted by Crippen LogP contribution is 2.09. The summed E-state index contributed by atoms with van der Waals surface area (Å²) >= 11 is 4.83. The summed E-state index contributed by atoms with van der Waals surface area (Å²) in [4.78, 5) is 0. The van der Waals surface area contributed by atoms with E-state index in [0.717, 1.165) is 6.42 Å². The maximum absolute atomic E-state index is 5.94. The molecule has 0 aliphatic carbocycles. The minimum absolute atomic E-state index is 0.00370. The molecular formula is C12H17NOS. The SMILES string of the molecule is CC(=S)OC[C@@H](N)Cc1ccccc1C. The van der Waals surface area contributed by atoms with Gasteiger partial charge in [0.2, 0.25) is 0 Å². The highest BCUT2D eigenvalue weighted by Gasteiger charge is 2.06. The van der Waals surface area contributed by atoms with Crippen LogP contribution in [-0.4, -0.2) is 17.7 Å². The minimum Gasteiger partial charge on any atom is -0.486 e. The molecule has 82 valence electrons. The van der Waals surface area contributed by atoms with E-state index >= 15 is 0 Å². The van der Waals surface area contributed by atoms with Crippen molar-refractivity contribution in [2.75, 3.05) is 6.61 Å². The van der Waals surface area contributed by atoms with Gasteiger partial charge >= 0.3 is 0 Å². The molecule has 0 saturated heterocycles. The van der Waals surface area contributed by atoms with Crippen molar-refractivity contribution in [3.63, 3.8) is 0 Å². The van der Waals surface area contributed by atoms with Crippen molar-refractivity contribution in [1.82, 2.24) is 0 Å². The zero-order chi connectivity index (χ0) is 11.3. The first kappa shape index (κ1) is 12.1.